The lowest BCUT2D eigenvalue weighted by Crippen LogP contribution is -2.17. The van der Waals surface area contributed by atoms with Gasteiger partial charge in [-0.15, -0.1) is 0 Å². The Morgan fingerprint density at radius 3 is 2.70 bits per heavy atom. The molecular formula is C13H11N3O4. The number of anilines is 1. The van der Waals surface area contributed by atoms with E-state index in [0.29, 0.717) is 11.3 Å². The summed E-state index contributed by atoms with van der Waals surface area (Å²) in [6.07, 6.45) is -0.124. The van der Waals surface area contributed by atoms with E-state index in [1.165, 1.54) is 12.1 Å². The molecule has 1 aromatic carbocycles. The Hall–Kier alpha value is -2.96. The zero-order valence-electron chi connectivity index (χ0n) is 10.3. The molecule has 1 aromatic heterocycles. The molecule has 1 amide bonds. The van der Waals surface area contributed by atoms with Gasteiger partial charge >= 0.3 is 5.97 Å². The molecule has 0 radical (unpaired) electrons. The average Bonchev–Trinajstić information content (AvgIpc) is 2.39. The number of nitrogens with zero attached hydrogens (tertiary/aromatic N) is 1. The Bertz CT molecular complexity index is 688. The second kappa shape index (κ2) is 5.79. The van der Waals surface area contributed by atoms with Crippen LogP contribution in [0.3, 0.4) is 0 Å². The number of H-pyrrole nitrogens is 1. The van der Waals surface area contributed by atoms with Crippen molar-refractivity contribution in [2.24, 2.45) is 0 Å². The van der Waals surface area contributed by atoms with E-state index in [9.17, 15) is 14.4 Å². The van der Waals surface area contributed by atoms with Crippen molar-refractivity contribution >= 4 is 17.6 Å². The lowest BCUT2D eigenvalue weighted by Gasteiger charge is -2.05. The molecule has 0 aliphatic carbocycles. The van der Waals surface area contributed by atoms with E-state index in [4.69, 9.17) is 5.11 Å². The minimum atomic E-state index is -0.948. The Kier molecular flexibility index (Phi) is 3.90. The number of aromatic nitrogens is 2. The summed E-state index contributed by atoms with van der Waals surface area (Å²) in [5.74, 6) is -1.44. The molecule has 2 aromatic rings. The van der Waals surface area contributed by atoms with E-state index in [0.717, 1.165) is 0 Å². The van der Waals surface area contributed by atoms with Gasteiger partial charge in [-0.1, -0.05) is 12.1 Å². The smallest absolute Gasteiger partial charge is 0.307 e. The number of hydrogen-bond acceptors (Lipinski definition) is 4. The number of benzene rings is 1. The van der Waals surface area contributed by atoms with E-state index in [2.05, 4.69) is 15.5 Å². The fourth-order valence-corrected chi connectivity index (χ4v) is 1.60. The third-order valence-electron chi connectivity index (χ3n) is 2.45. The predicted octanol–water partition coefficient (Wildman–Crippen LogP) is 0.649. The van der Waals surface area contributed by atoms with Crippen LogP contribution < -0.4 is 10.9 Å². The van der Waals surface area contributed by atoms with Crippen molar-refractivity contribution in [2.75, 3.05) is 5.32 Å². The van der Waals surface area contributed by atoms with Crippen LogP contribution >= 0.6 is 0 Å². The lowest BCUT2D eigenvalue weighted by atomic mass is 10.1. The van der Waals surface area contributed by atoms with Crippen LogP contribution in [0.25, 0.3) is 0 Å². The molecule has 1 heterocycles. The molecule has 7 nitrogen and oxygen atoms in total. The van der Waals surface area contributed by atoms with E-state index < -0.39 is 17.4 Å². The molecule has 0 atom stereocenters. The number of aliphatic carboxylic acids is 1. The zero-order valence-corrected chi connectivity index (χ0v) is 10.3. The maximum Gasteiger partial charge on any atom is 0.307 e. The summed E-state index contributed by atoms with van der Waals surface area (Å²) in [4.78, 5) is 33.3. The minimum Gasteiger partial charge on any atom is -0.481 e. The second-order valence-corrected chi connectivity index (χ2v) is 4.03. The number of carbonyl (C=O) groups excluding carboxylic acids is 1. The van der Waals surface area contributed by atoms with E-state index in [1.807, 2.05) is 0 Å². The van der Waals surface area contributed by atoms with Crippen molar-refractivity contribution in [3.63, 3.8) is 0 Å². The van der Waals surface area contributed by atoms with Gasteiger partial charge in [0.15, 0.2) is 0 Å². The van der Waals surface area contributed by atoms with Crippen LogP contribution in [0.5, 0.6) is 0 Å². The van der Waals surface area contributed by atoms with Gasteiger partial charge in [-0.05, 0) is 23.8 Å². The number of carbonyl (C=O) groups is 2. The van der Waals surface area contributed by atoms with Gasteiger partial charge in [0, 0.05) is 11.8 Å². The number of amides is 1. The fourth-order valence-electron chi connectivity index (χ4n) is 1.60. The summed E-state index contributed by atoms with van der Waals surface area (Å²) in [5.41, 5.74) is 0.699. The SMILES string of the molecule is O=C(O)Cc1cccc(NC(=O)c2ccc(=O)[nH]n2)c1. The number of aromatic amines is 1. The van der Waals surface area contributed by atoms with Crippen molar-refractivity contribution < 1.29 is 14.7 Å². The molecule has 0 saturated heterocycles. The number of rotatable bonds is 4. The van der Waals surface area contributed by atoms with E-state index in [1.54, 1.807) is 24.3 Å². The molecule has 0 unspecified atom stereocenters. The molecular weight excluding hydrogens is 262 g/mol. The van der Waals surface area contributed by atoms with Crippen molar-refractivity contribution in [3.8, 4) is 0 Å². The summed E-state index contributed by atoms with van der Waals surface area (Å²) in [5, 5.41) is 17.0. The fraction of sp³-hybridized carbons (Fsp3) is 0.0769. The topological polar surface area (TPSA) is 112 Å². The molecule has 0 bridgehead atoms. The normalized spacial score (nSPS) is 10.0. The Morgan fingerprint density at radius 2 is 2.05 bits per heavy atom. The molecule has 102 valence electrons. The summed E-state index contributed by atoms with van der Waals surface area (Å²) >= 11 is 0. The summed E-state index contributed by atoms with van der Waals surface area (Å²) in [6.45, 7) is 0. The molecule has 0 spiro atoms. The van der Waals surface area contributed by atoms with Crippen LogP contribution in [0, 0.1) is 0 Å². The Labute approximate surface area is 113 Å². The molecule has 0 aliphatic rings. The standard InChI is InChI=1S/C13H11N3O4/c17-11-5-4-10(15-16-11)13(20)14-9-3-1-2-8(6-9)7-12(18)19/h1-6H,7H2,(H,14,20)(H,16,17)(H,18,19). The molecule has 0 fully saturated rings. The predicted molar refractivity (Wildman–Crippen MR) is 70.6 cm³/mol. The third-order valence-corrected chi connectivity index (χ3v) is 2.45. The highest BCUT2D eigenvalue weighted by atomic mass is 16.4. The van der Waals surface area contributed by atoms with Gasteiger partial charge < -0.3 is 10.4 Å². The first-order valence-electron chi connectivity index (χ1n) is 5.72. The highest BCUT2D eigenvalue weighted by Crippen LogP contribution is 2.12. The van der Waals surface area contributed by atoms with Crippen LogP contribution in [0.2, 0.25) is 0 Å². The zero-order chi connectivity index (χ0) is 14.5. The Morgan fingerprint density at radius 1 is 1.25 bits per heavy atom. The first-order valence-corrected chi connectivity index (χ1v) is 5.72. The van der Waals surface area contributed by atoms with Crippen LogP contribution in [0.4, 0.5) is 5.69 Å². The largest absolute Gasteiger partial charge is 0.481 e. The van der Waals surface area contributed by atoms with Crippen molar-refractivity contribution in [3.05, 3.63) is 58.0 Å². The van der Waals surface area contributed by atoms with Crippen molar-refractivity contribution in [1.82, 2.24) is 10.2 Å². The first kappa shape index (κ1) is 13.5. The molecule has 3 N–H and O–H groups in total. The van der Waals surface area contributed by atoms with Gasteiger partial charge in [-0.25, -0.2) is 5.10 Å². The summed E-state index contributed by atoms with van der Waals surface area (Å²) in [7, 11) is 0. The highest BCUT2D eigenvalue weighted by Gasteiger charge is 2.08. The maximum absolute atomic E-state index is 11.8. The lowest BCUT2D eigenvalue weighted by molar-refractivity contribution is -0.136. The van der Waals surface area contributed by atoms with Gasteiger partial charge in [0.05, 0.1) is 6.42 Å². The van der Waals surface area contributed by atoms with Gasteiger partial charge in [-0.2, -0.15) is 5.10 Å². The van der Waals surface area contributed by atoms with Crippen molar-refractivity contribution in [1.29, 1.82) is 0 Å². The third kappa shape index (κ3) is 3.52. The van der Waals surface area contributed by atoms with Gasteiger partial charge in [0.25, 0.3) is 11.5 Å². The first-order chi connectivity index (χ1) is 9.54. The number of hydrogen-bond donors (Lipinski definition) is 3. The van der Waals surface area contributed by atoms with Crippen LogP contribution in [-0.2, 0) is 11.2 Å². The Balaban J connectivity index is 2.13. The summed E-state index contributed by atoms with van der Waals surface area (Å²) < 4.78 is 0. The number of nitrogens with one attached hydrogen (secondary N) is 2. The van der Waals surface area contributed by atoms with E-state index >= 15 is 0 Å². The molecule has 0 aliphatic heterocycles. The van der Waals surface area contributed by atoms with Crippen LogP contribution in [-0.4, -0.2) is 27.2 Å². The van der Waals surface area contributed by atoms with Gasteiger partial charge in [-0.3, -0.25) is 14.4 Å². The van der Waals surface area contributed by atoms with Gasteiger partial charge in [0.2, 0.25) is 0 Å². The monoisotopic (exact) mass is 273 g/mol. The molecule has 2 rings (SSSR count). The van der Waals surface area contributed by atoms with Gasteiger partial charge in [0.1, 0.15) is 5.69 Å². The molecule has 20 heavy (non-hydrogen) atoms. The molecule has 7 heteroatoms. The summed E-state index contributed by atoms with van der Waals surface area (Å²) in [6, 6.07) is 9.00. The van der Waals surface area contributed by atoms with Crippen molar-refractivity contribution in [2.45, 2.75) is 6.42 Å². The minimum absolute atomic E-state index is 0.0632. The van der Waals surface area contributed by atoms with Crippen LogP contribution in [0.1, 0.15) is 16.1 Å². The quantitative estimate of drug-likeness (QED) is 0.757. The number of carboxylic acids is 1. The van der Waals surface area contributed by atoms with Crippen LogP contribution in [0.15, 0.2) is 41.2 Å². The maximum atomic E-state index is 11.8. The highest BCUT2D eigenvalue weighted by molar-refractivity contribution is 6.02. The number of carboxylic acid groups (broad SMARTS) is 1. The second-order valence-electron chi connectivity index (χ2n) is 4.03. The molecule has 0 saturated carbocycles. The van der Waals surface area contributed by atoms with E-state index in [-0.39, 0.29) is 12.1 Å². The average molecular weight is 273 g/mol.